The summed E-state index contributed by atoms with van der Waals surface area (Å²) in [7, 11) is 0. The third kappa shape index (κ3) is 3.78. The monoisotopic (exact) mass is 261 g/mol. The van der Waals surface area contributed by atoms with Crippen molar-refractivity contribution in [3.8, 4) is 5.75 Å². The minimum Gasteiger partial charge on any atom is -0.506 e. The maximum Gasteiger partial charge on any atom is 0.412 e. The fourth-order valence-electron chi connectivity index (χ4n) is 1.07. The van der Waals surface area contributed by atoms with Crippen LogP contribution in [0.15, 0.2) is 12.1 Å². The lowest BCUT2D eigenvalue weighted by Gasteiger charge is -2.20. The van der Waals surface area contributed by atoms with E-state index in [0.717, 1.165) is 0 Å². The van der Waals surface area contributed by atoms with Crippen LogP contribution in [0.2, 0.25) is 5.02 Å². The Balaban J connectivity index is 2.89. The van der Waals surface area contributed by atoms with Gasteiger partial charge >= 0.3 is 6.09 Å². The number of hydrogen-bond donors (Lipinski definition) is 2. The molecule has 1 aromatic rings. The average Bonchev–Trinajstić information content (AvgIpc) is 2.16. The number of nitrogens with one attached hydrogen (secondary N) is 1. The first-order valence-electron chi connectivity index (χ1n) is 4.87. The number of benzene rings is 1. The van der Waals surface area contributed by atoms with Crippen molar-refractivity contribution in [2.75, 3.05) is 5.32 Å². The Hall–Kier alpha value is -1.49. The average molecular weight is 262 g/mol. The van der Waals surface area contributed by atoms with Crippen LogP contribution in [0.5, 0.6) is 5.75 Å². The molecule has 1 rings (SSSR count). The van der Waals surface area contributed by atoms with Crippen LogP contribution < -0.4 is 5.32 Å². The summed E-state index contributed by atoms with van der Waals surface area (Å²) in [5.41, 5.74) is -1.11. The molecule has 0 aliphatic carbocycles. The van der Waals surface area contributed by atoms with Crippen LogP contribution in [0, 0.1) is 5.82 Å². The molecule has 4 nitrogen and oxygen atoms in total. The van der Waals surface area contributed by atoms with Gasteiger partial charge in [0, 0.05) is 0 Å². The predicted molar refractivity (Wildman–Crippen MR) is 62.9 cm³/mol. The summed E-state index contributed by atoms with van der Waals surface area (Å²) in [5.74, 6) is -1.32. The molecule has 0 unspecified atom stereocenters. The lowest BCUT2D eigenvalue weighted by atomic mass is 10.2. The molecule has 1 aromatic carbocycles. The Labute approximate surface area is 103 Å². The van der Waals surface area contributed by atoms with E-state index in [9.17, 15) is 14.3 Å². The molecule has 6 heteroatoms. The lowest BCUT2D eigenvalue weighted by Crippen LogP contribution is -2.27. The van der Waals surface area contributed by atoms with Gasteiger partial charge in [-0.1, -0.05) is 11.6 Å². The number of rotatable bonds is 1. The van der Waals surface area contributed by atoms with Gasteiger partial charge in [-0.05, 0) is 32.9 Å². The van der Waals surface area contributed by atoms with E-state index >= 15 is 0 Å². The number of halogens is 2. The second kappa shape index (κ2) is 4.79. The van der Waals surface area contributed by atoms with E-state index in [-0.39, 0.29) is 5.02 Å². The number of carbonyl (C=O) groups is 1. The number of anilines is 1. The van der Waals surface area contributed by atoms with Crippen molar-refractivity contribution < 1.29 is 19.0 Å². The minimum atomic E-state index is -0.905. The zero-order valence-corrected chi connectivity index (χ0v) is 10.4. The molecule has 0 saturated carbocycles. The standard InChI is InChI=1S/C11H13ClFNO3/c1-11(2,3)17-10(16)14-9-7(15)5-4-6(12)8(9)13/h4-5,15H,1-3H3,(H,14,16). The Bertz CT molecular complexity index is 443. The van der Waals surface area contributed by atoms with Crippen molar-refractivity contribution in [3.05, 3.63) is 23.0 Å². The van der Waals surface area contributed by atoms with E-state index in [1.807, 2.05) is 0 Å². The summed E-state index contributed by atoms with van der Waals surface area (Å²) in [6.07, 6.45) is -0.867. The fourth-order valence-corrected chi connectivity index (χ4v) is 1.22. The molecule has 17 heavy (non-hydrogen) atoms. The highest BCUT2D eigenvalue weighted by atomic mass is 35.5. The number of phenols is 1. The van der Waals surface area contributed by atoms with E-state index in [1.54, 1.807) is 20.8 Å². The van der Waals surface area contributed by atoms with Gasteiger partial charge < -0.3 is 9.84 Å². The van der Waals surface area contributed by atoms with Crippen molar-refractivity contribution in [1.29, 1.82) is 0 Å². The van der Waals surface area contributed by atoms with Gasteiger partial charge in [0.05, 0.1) is 5.02 Å². The van der Waals surface area contributed by atoms with Gasteiger partial charge in [-0.15, -0.1) is 0 Å². The Kier molecular flexibility index (Phi) is 3.83. The minimum absolute atomic E-state index is 0.200. The van der Waals surface area contributed by atoms with Crippen molar-refractivity contribution in [2.45, 2.75) is 26.4 Å². The van der Waals surface area contributed by atoms with Crippen LogP contribution in [0.3, 0.4) is 0 Å². The molecular weight excluding hydrogens is 249 g/mol. The molecule has 0 aromatic heterocycles. The summed E-state index contributed by atoms with van der Waals surface area (Å²) in [6, 6.07) is 2.37. The normalized spacial score (nSPS) is 11.1. The van der Waals surface area contributed by atoms with E-state index in [1.165, 1.54) is 12.1 Å². The second-order valence-electron chi connectivity index (χ2n) is 4.38. The van der Waals surface area contributed by atoms with Gasteiger partial charge in [0.15, 0.2) is 5.82 Å². The number of hydrogen-bond acceptors (Lipinski definition) is 3. The van der Waals surface area contributed by atoms with Crippen LogP contribution in [0.1, 0.15) is 20.8 Å². The summed E-state index contributed by atoms with van der Waals surface area (Å²) in [5, 5.41) is 11.3. The van der Waals surface area contributed by atoms with Crippen LogP contribution in [0.25, 0.3) is 0 Å². The summed E-state index contributed by atoms with van der Waals surface area (Å²) < 4.78 is 18.4. The molecule has 0 aliphatic heterocycles. The zero-order chi connectivity index (χ0) is 13.2. The van der Waals surface area contributed by atoms with Gasteiger partial charge in [0.25, 0.3) is 0 Å². The maximum atomic E-state index is 13.5. The van der Waals surface area contributed by atoms with E-state index < -0.39 is 28.9 Å². The number of ether oxygens (including phenoxy) is 1. The van der Waals surface area contributed by atoms with Gasteiger partial charge in [0.1, 0.15) is 17.0 Å². The largest absolute Gasteiger partial charge is 0.506 e. The topological polar surface area (TPSA) is 58.6 Å². The predicted octanol–water partition coefficient (Wildman–Crippen LogP) is 3.53. The highest BCUT2D eigenvalue weighted by Gasteiger charge is 2.20. The molecule has 0 heterocycles. The molecule has 2 N–H and O–H groups in total. The summed E-state index contributed by atoms with van der Waals surface area (Å²) >= 11 is 5.52. The molecule has 0 aliphatic rings. The highest BCUT2D eigenvalue weighted by molar-refractivity contribution is 6.31. The fraction of sp³-hybridized carbons (Fsp3) is 0.364. The van der Waals surface area contributed by atoms with Gasteiger partial charge in [0.2, 0.25) is 0 Å². The third-order valence-corrected chi connectivity index (χ3v) is 1.99. The molecular formula is C11H13ClFNO3. The number of amides is 1. The third-order valence-electron chi connectivity index (χ3n) is 1.70. The van der Waals surface area contributed by atoms with Crippen LogP contribution in [-0.4, -0.2) is 16.8 Å². The number of aromatic hydroxyl groups is 1. The quantitative estimate of drug-likeness (QED) is 0.760. The zero-order valence-electron chi connectivity index (χ0n) is 9.67. The lowest BCUT2D eigenvalue weighted by molar-refractivity contribution is 0.0634. The number of carbonyl (C=O) groups excluding carboxylic acids is 1. The van der Waals surface area contributed by atoms with Crippen molar-refractivity contribution in [2.24, 2.45) is 0 Å². The Morgan fingerprint density at radius 1 is 1.47 bits per heavy atom. The van der Waals surface area contributed by atoms with E-state index in [2.05, 4.69) is 5.32 Å². The SMILES string of the molecule is CC(C)(C)OC(=O)Nc1c(O)ccc(Cl)c1F. The second-order valence-corrected chi connectivity index (χ2v) is 4.79. The smallest absolute Gasteiger partial charge is 0.412 e. The molecule has 1 amide bonds. The van der Waals surface area contributed by atoms with Crippen LogP contribution in [0.4, 0.5) is 14.9 Å². The van der Waals surface area contributed by atoms with Crippen molar-refractivity contribution in [1.82, 2.24) is 0 Å². The van der Waals surface area contributed by atoms with Crippen molar-refractivity contribution >= 4 is 23.4 Å². The first-order valence-corrected chi connectivity index (χ1v) is 5.25. The molecule has 0 bridgehead atoms. The van der Waals surface area contributed by atoms with Gasteiger partial charge in [-0.3, -0.25) is 5.32 Å². The first-order chi connectivity index (χ1) is 7.70. The van der Waals surface area contributed by atoms with Crippen LogP contribution in [-0.2, 0) is 4.74 Å². The first kappa shape index (κ1) is 13.6. The van der Waals surface area contributed by atoms with E-state index in [0.29, 0.717) is 0 Å². The van der Waals surface area contributed by atoms with Gasteiger partial charge in [-0.2, -0.15) is 0 Å². The molecule has 0 radical (unpaired) electrons. The van der Waals surface area contributed by atoms with Gasteiger partial charge in [-0.25, -0.2) is 9.18 Å². The van der Waals surface area contributed by atoms with E-state index in [4.69, 9.17) is 16.3 Å². The van der Waals surface area contributed by atoms with Crippen molar-refractivity contribution in [3.63, 3.8) is 0 Å². The maximum absolute atomic E-state index is 13.5. The summed E-state index contributed by atoms with van der Waals surface area (Å²) in [6.45, 7) is 5.00. The Morgan fingerprint density at radius 2 is 2.06 bits per heavy atom. The molecule has 0 atom stereocenters. The molecule has 0 fully saturated rings. The molecule has 94 valence electrons. The number of phenolic OH excluding ortho intramolecular Hbond substituents is 1. The highest BCUT2D eigenvalue weighted by Crippen LogP contribution is 2.31. The summed E-state index contributed by atoms with van der Waals surface area (Å²) in [4.78, 5) is 11.4. The van der Waals surface area contributed by atoms with Crippen LogP contribution >= 0.6 is 11.6 Å². The molecule has 0 spiro atoms. The Morgan fingerprint density at radius 3 is 2.59 bits per heavy atom. The molecule has 0 saturated heterocycles.